The zero-order valence-corrected chi connectivity index (χ0v) is 23.4. The highest BCUT2D eigenvalue weighted by Gasteiger charge is 2.31. The van der Waals surface area contributed by atoms with E-state index < -0.39 is 11.6 Å². The molecule has 1 atom stereocenters. The summed E-state index contributed by atoms with van der Waals surface area (Å²) in [6.07, 6.45) is 0.503. The zero-order valence-electron chi connectivity index (χ0n) is 21.8. The molecule has 2 rings (SSSR count). The third-order valence-electron chi connectivity index (χ3n) is 5.64. The van der Waals surface area contributed by atoms with Gasteiger partial charge in [-0.2, -0.15) is 0 Å². The van der Waals surface area contributed by atoms with Crippen molar-refractivity contribution >= 4 is 27.7 Å². The van der Waals surface area contributed by atoms with Gasteiger partial charge in [0.15, 0.2) is 6.61 Å². The molecule has 0 saturated heterocycles. The maximum Gasteiger partial charge on any atom is 0.261 e. The van der Waals surface area contributed by atoms with Crippen molar-refractivity contribution in [2.24, 2.45) is 0 Å². The first kappa shape index (κ1) is 27.9. The summed E-state index contributed by atoms with van der Waals surface area (Å²) in [5.74, 6) is 0.211. The second kappa shape index (κ2) is 11.4. The summed E-state index contributed by atoms with van der Waals surface area (Å²) in [6.45, 7) is 16.4. The summed E-state index contributed by atoms with van der Waals surface area (Å²) in [5.41, 5.74) is 2.87. The van der Waals surface area contributed by atoms with Crippen LogP contribution >= 0.6 is 15.9 Å². The van der Waals surface area contributed by atoms with Crippen molar-refractivity contribution in [1.29, 1.82) is 0 Å². The lowest BCUT2D eigenvalue weighted by atomic mass is 9.87. The summed E-state index contributed by atoms with van der Waals surface area (Å²) in [7, 11) is 0. The number of amides is 2. The zero-order chi connectivity index (χ0) is 25.7. The lowest BCUT2D eigenvalue weighted by Gasteiger charge is -2.33. The van der Waals surface area contributed by atoms with Crippen molar-refractivity contribution in [3.05, 3.63) is 63.6 Å². The SMILES string of the molecule is CC[C@H](C(=O)NC(C)(C)C)N(Cc1ccccc1C)C(=O)COc1ccc(C(C)(C)C)cc1Br. The summed E-state index contributed by atoms with van der Waals surface area (Å²) in [6, 6.07) is 13.2. The van der Waals surface area contributed by atoms with E-state index in [0.717, 1.165) is 15.6 Å². The second-order valence-electron chi connectivity index (χ2n) is 10.8. The van der Waals surface area contributed by atoms with Crippen LogP contribution in [0.4, 0.5) is 0 Å². The van der Waals surface area contributed by atoms with Gasteiger partial charge in [-0.3, -0.25) is 9.59 Å². The fourth-order valence-electron chi connectivity index (χ4n) is 3.65. The first-order chi connectivity index (χ1) is 15.7. The molecule has 0 saturated carbocycles. The molecule has 0 aliphatic carbocycles. The van der Waals surface area contributed by atoms with Crippen LogP contribution in [0.3, 0.4) is 0 Å². The molecule has 0 bridgehead atoms. The maximum atomic E-state index is 13.4. The molecule has 0 aromatic heterocycles. The van der Waals surface area contributed by atoms with Gasteiger partial charge in [-0.25, -0.2) is 0 Å². The molecule has 6 heteroatoms. The first-order valence-corrected chi connectivity index (χ1v) is 12.6. The molecule has 0 aliphatic rings. The smallest absolute Gasteiger partial charge is 0.261 e. The topological polar surface area (TPSA) is 58.6 Å². The Bertz CT molecular complexity index is 1010. The third-order valence-corrected chi connectivity index (χ3v) is 6.25. The Morgan fingerprint density at radius 2 is 1.71 bits per heavy atom. The second-order valence-corrected chi connectivity index (χ2v) is 11.6. The van der Waals surface area contributed by atoms with E-state index >= 15 is 0 Å². The predicted molar refractivity (Wildman–Crippen MR) is 142 cm³/mol. The molecule has 0 unspecified atom stereocenters. The number of hydrogen-bond donors (Lipinski definition) is 1. The molecule has 0 aliphatic heterocycles. The Morgan fingerprint density at radius 1 is 1.06 bits per heavy atom. The van der Waals surface area contributed by atoms with Crippen LogP contribution < -0.4 is 10.1 Å². The van der Waals surface area contributed by atoms with Gasteiger partial charge in [-0.05, 0) is 84.3 Å². The minimum atomic E-state index is -0.596. The molecule has 1 N–H and O–H groups in total. The van der Waals surface area contributed by atoms with E-state index in [1.807, 2.05) is 77.1 Å². The number of ether oxygens (including phenoxy) is 1. The lowest BCUT2D eigenvalue weighted by Crippen LogP contribution is -2.54. The summed E-state index contributed by atoms with van der Waals surface area (Å²) >= 11 is 3.57. The van der Waals surface area contributed by atoms with E-state index in [4.69, 9.17) is 4.74 Å². The Balaban J connectivity index is 2.28. The Morgan fingerprint density at radius 3 is 2.24 bits per heavy atom. The number of carbonyl (C=O) groups is 2. The van der Waals surface area contributed by atoms with Gasteiger partial charge in [0, 0.05) is 12.1 Å². The van der Waals surface area contributed by atoms with Crippen LogP contribution in [0.15, 0.2) is 46.9 Å². The number of aryl methyl sites for hydroxylation is 1. The van der Waals surface area contributed by atoms with Gasteiger partial charge in [0.05, 0.1) is 4.47 Å². The van der Waals surface area contributed by atoms with E-state index in [0.29, 0.717) is 18.7 Å². The first-order valence-electron chi connectivity index (χ1n) is 11.8. The van der Waals surface area contributed by atoms with Crippen molar-refractivity contribution < 1.29 is 14.3 Å². The van der Waals surface area contributed by atoms with E-state index in [2.05, 4.69) is 42.0 Å². The molecule has 34 heavy (non-hydrogen) atoms. The molecule has 2 aromatic rings. The van der Waals surface area contributed by atoms with Crippen LogP contribution in [0, 0.1) is 6.92 Å². The van der Waals surface area contributed by atoms with E-state index in [-0.39, 0.29) is 23.8 Å². The minimum absolute atomic E-state index is 0.00990. The lowest BCUT2D eigenvalue weighted by molar-refractivity contribution is -0.143. The Kier molecular flexibility index (Phi) is 9.35. The fraction of sp³-hybridized carbons (Fsp3) is 0.500. The highest BCUT2D eigenvalue weighted by atomic mass is 79.9. The van der Waals surface area contributed by atoms with Gasteiger partial charge in [0.1, 0.15) is 11.8 Å². The van der Waals surface area contributed by atoms with Crippen molar-refractivity contribution in [3.63, 3.8) is 0 Å². The van der Waals surface area contributed by atoms with Gasteiger partial charge in [0.2, 0.25) is 5.91 Å². The molecule has 0 fully saturated rings. The van der Waals surface area contributed by atoms with Gasteiger partial charge < -0.3 is 15.0 Å². The van der Waals surface area contributed by atoms with Crippen LogP contribution in [0.1, 0.15) is 71.6 Å². The summed E-state index contributed by atoms with van der Waals surface area (Å²) in [5, 5.41) is 3.03. The maximum absolute atomic E-state index is 13.4. The van der Waals surface area contributed by atoms with Gasteiger partial charge in [-0.1, -0.05) is 58.0 Å². The molecule has 0 radical (unpaired) electrons. The molecule has 0 spiro atoms. The van der Waals surface area contributed by atoms with Gasteiger partial charge >= 0.3 is 0 Å². The van der Waals surface area contributed by atoms with E-state index in [9.17, 15) is 9.59 Å². The largest absolute Gasteiger partial charge is 0.483 e. The summed E-state index contributed by atoms with van der Waals surface area (Å²) in [4.78, 5) is 28.2. The van der Waals surface area contributed by atoms with Crippen molar-refractivity contribution in [3.8, 4) is 5.75 Å². The van der Waals surface area contributed by atoms with Crippen LogP contribution in [0.5, 0.6) is 5.75 Å². The monoisotopic (exact) mass is 530 g/mol. The quantitative estimate of drug-likeness (QED) is 0.444. The van der Waals surface area contributed by atoms with Gasteiger partial charge in [0.25, 0.3) is 5.91 Å². The Labute approximate surface area is 213 Å². The average molecular weight is 532 g/mol. The number of hydrogen-bond acceptors (Lipinski definition) is 3. The Hall–Kier alpha value is -2.34. The van der Waals surface area contributed by atoms with E-state index in [1.165, 1.54) is 5.56 Å². The number of benzene rings is 2. The molecule has 2 aromatic carbocycles. The van der Waals surface area contributed by atoms with Crippen LogP contribution in [0.25, 0.3) is 0 Å². The number of rotatable bonds is 8. The number of carbonyl (C=O) groups excluding carboxylic acids is 2. The average Bonchev–Trinajstić information content (AvgIpc) is 2.71. The molecular formula is C28H39BrN2O3. The fourth-order valence-corrected chi connectivity index (χ4v) is 4.14. The molecule has 5 nitrogen and oxygen atoms in total. The molecule has 0 heterocycles. The van der Waals surface area contributed by atoms with E-state index in [1.54, 1.807) is 4.90 Å². The number of nitrogens with zero attached hydrogens (tertiary/aromatic N) is 1. The molecule has 186 valence electrons. The normalized spacial score (nSPS) is 12.7. The highest BCUT2D eigenvalue weighted by Crippen LogP contribution is 2.31. The standard InChI is InChI=1S/C28H39BrN2O3/c1-9-23(26(33)30-28(6,7)8)31(17-20-13-11-10-12-19(20)2)25(32)18-34-24-15-14-21(16-22(24)29)27(3,4)5/h10-16,23H,9,17-18H2,1-8H3,(H,30,33)/t23-/m1/s1. The molecular weight excluding hydrogens is 492 g/mol. The predicted octanol–water partition coefficient (Wildman–Crippen LogP) is 6.16. The van der Waals surface area contributed by atoms with Gasteiger partial charge in [-0.15, -0.1) is 0 Å². The van der Waals surface area contributed by atoms with Crippen LogP contribution in [-0.2, 0) is 21.5 Å². The minimum Gasteiger partial charge on any atom is -0.483 e. The van der Waals surface area contributed by atoms with Crippen molar-refractivity contribution in [2.75, 3.05) is 6.61 Å². The highest BCUT2D eigenvalue weighted by molar-refractivity contribution is 9.10. The van der Waals surface area contributed by atoms with Crippen molar-refractivity contribution in [1.82, 2.24) is 10.2 Å². The van der Waals surface area contributed by atoms with Crippen LogP contribution in [-0.4, -0.2) is 34.9 Å². The number of halogens is 1. The summed E-state index contributed by atoms with van der Waals surface area (Å²) < 4.78 is 6.72. The number of nitrogens with one attached hydrogen (secondary N) is 1. The van der Waals surface area contributed by atoms with Crippen LogP contribution in [0.2, 0.25) is 0 Å². The van der Waals surface area contributed by atoms with Crippen molar-refractivity contribution in [2.45, 2.75) is 85.4 Å². The third kappa shape index (κ3) is 7.86. The molecule has 2 amide bonds.